The van der Waals surface area contributed by atoms with Gasteiger partial charge < -0.3 is 15.4 Å². The fourth-order valence-corrected chi connectivity index (χ4v) is 2.75. The van der Waals surface area contributed by atoms with Crippen molar-refractivity contribution in [3.05, 3.63) is 41.9 Å². The number of nitrogens with zero attached hydrogens (tertiary/aromatic N) is 2. The molecule has 1 aromatic heterocycles. The summed E-state index contributed by atoms with van der Waals surface area (Å²) in [6.45, 7) is 0.753. The molecule has 2 N–H and O–H groups in total. The molecule has 1 fully saturated rings. The van der Waals surface area contributed by atoms with Gasteiger partial charge >= 0.3 is 6.18 Å². The van der Waals surface area contributed by atoms with Crippen LogP contribution in [-0.2, 0) is 6.18 Å². The smallest absolute Gasteiger partial charge is 0.433 e. The fourth-order valence-electron chi connectivity index (χ4n) is 2.75. The van der Waals surface area contributed by atoms with Crippen LogP contribution < -0.4 is 15.4 Å². The minimum absolute atomic E-state index is 0.109. The average Bonchev–Trinajstić information content (AvgIpc) is 2.61. The van der Waals surface area contributed by atoms with Crippen LogP contribution in [0.5, 0.6) is 5.75 Å². The van der Waals surface area contributed by atoms with Gasteiger partial charge in [-0.2, -0.15) is 13.2 Å². The van der Waals surface area contributed by atoms with Crippen molar-refractivity contribution in [2.45, 2.75) is 31.5 Å². The van der Waals surface area contributed by atoms with Gasteiger partial charge in [-0.1, -0.05) is 12.5 Å². The van der Waals surface area contributed by atoms with Crippen LogP contribution >= 0.6 is 0 Å². The molecule has 0 bridgehead atoms. The van der Waals surface area contributed by atoms with Gasteiger partial charge in [-0.25, -0.2) is 9.97 Å². The summed E-state index contributed by atoms with van der Waals surface area (Å²) in [6.07, 6.45) is -1.86. The number of hydrogen-bond acceptors (Lipinski definition) is 5. The highest BCUT2D eigenvalue weighted by Crippen LogP contribution is 2.32. The predicted molar refractivity (Wildman–Crippen MR) is 87.9 cm³/mol. The number of alkyl halides is 3. The molecule has 1 aliphatic heterocycles. The molecule has 0 saturated carbocycles. The maximum Gasteiger partial charge on any atom is 0.433 e. The monoisotopic (exact) mass is 352 g/mol. The number of hydrogen-bond donors (Lipinski definition) is 2. The number of aromatic nitrogens is 2. The molecule has 1 unspecified atom stereocenters. The van der Waals surface area contributed by atoms with Gasteiger partial charge in [-0.05, 0) is 31.5 Å². The second-order valence-electron chi connectivity index (χ2n) is 5.85. The van der Waals surface area contributed by atoms with E-state index in [0.29, 0.717) is 11.4 Å². The lowest BCUT2D eigenvalue weighted by atomic mass is 10.0. The number of nitrogens with one attached hydrogen (secondary N) is 2. The number of ether oxygens (including phenoxy) is 1. The molecule has 2 aromatic rings. The lowest BCUT2D eigenvalue weighted by Gasteiger charge is -2.23. The molecule has 1 atom stereocenters. The molecule has 0 aliphatic carbocycles. The summed E-state index contributed by atoms with van der Waals surface area (Å²) < 4.78 is 44.8. The Labute approximate surface area is 143 Å². The van der Waals surface area contributed by atoms with E-state index in [0.717, 1.165) is 31.9 Å². The molecule has 1 aliphatic rings. The molecule has 8 heteroatoms. The number of halogens is 3. The minimum Gasteiger partial charge on any atom is -0.497 e. The first-order chi connectivity index (χ1) is 12.0. The first-order valence-corrected chi connectivity index (χ1v) is 8.06. The van der Waals surface area contributed by atoms with Crippen molar-refractivity contribution in [3.8, 4) is 5.75 Å². The molecular weight excluding hydrogens is 333 g/mol. The van der Waals surface area contributed by atoms with Crippen LogP contribution in [0, 0.1) is 0 Å². The minimum atomic E-state index is -4.53. The van der Waals surface area contributed by atoms with Crippen LogP contribution in [0.15, 0.2) is 30.3 Å². The van der Waals surface area contributed by atoms with E-state index in [1.807, 2.05) is 0 Å². The van der Waals surface area contributed by atoms with E-state index in [4.69, 9.17) is 4.74 Å². The Bertz CT molecular complexity index is 730. The van der Waals surface area contributed by atoms with E-state index in [2.05, 4.69) is 20.6 Å². The Kier molecular flexibility index (Phi) is 5.08. The van der Waals surface area contributed by atoms with Gasteiger partial charge in [0.1, 0.15) is 23.1 Å². The highest BCUT2D eigenvalue weighted by atomic mass is 19.4. The predicted octanol–water partition coefficient (Wildman–Crippen LogP) is 4.06. The van der Waals surface area contributed by atoms with Crippen LogP contribution in [0.25, 0.3) is 0 Å². The standard InChI is InChI=1S/C17H19F3N4O/c1-25-12-6-4-5-11(9-12)22-15-10-14(17(18,19)20)23-16(24-15)13-7-2-3-8-21-13/h4-6,9-10,13,21H,2-3,7-8H2,1H3,(H,22,23,24). The SMILES string of the molecule is COc1cccc(Nc2cc(C(F)(F)F)nc(C3CCCCN3)n2)c1. The Balaban J connectivity index is 1.93. The molecule has 25 heavy (non-hydrogen) atoms. The van der Waals surface area contributed by atoms with Gasteiger partial charge in [-0.15, -0.1) is 0 Å². The van der Waals surface area contributed by atoms with Crippen molar-refractivity contribution in [1.82, 2.24) is 15.3 Å². The van der Waals surface area contributed by atoms with Crippen LogP contribution in [-0.4, -0.2) is 23.6 Å². The summed E-state index contributed by atoms with van der Waals surface area (Å²) >= 11 is 0. The lowest BCUT2D eigenvalue weighted by Crippen LogP contribution is -2.29. The number of anilines is 2. The molecule has 0 amide bonds. The maximum atomic E-state index is 13.2. The van der Waals surface area contributed by atoms with Crippen molar-refractivity contribution < 1.29 is 17.9 Å². The number of methoxy groups -OCH3 is 1. The summed E-state index contributed by atoms with van der Waals surface area (Å²) in [4.78, 5) is 8.04. The number of rotatable bonds is 4. The third-order valence-corrected chi connectivity index (χ3v) is 4.00. The second-order valence-corrected chi connectivity index (χ2v) is 5.85. The Hall–Kier alpha value is -2.35. The normalized spacial score (nSPS) is 18.0. The number of piperidine rings is 1. The molecule has 3 rings (SSSR count). The topological polar surface area (TPSA) is 59.1 Å². The first kappa shape index (κ1) is 17.5. The van der Waals surface area contributed by atoms with Crippen molar-refractivity contribution in [2.75, 3.05) is 19.0 Å². The van der Waals surface area contributed by atoms with Gasteiger partial charge in [-0.3, -0.25) is 0 Å². The summed E-state index contributed by atoms with van der Waals surface area (Å²) in [7, 11) is 1.53. The van der Waals surface area contributed by atoms with Gasteiger partial charge in [0.15, 0.2) is 0 Å². The Morgan fingerprint density at radius 3 is 2.72 bits per heavy atom. The van der Waals surface area contributed by atoms with E-state index in [1.165, 1.54) is 7.11 Å². The fraction of sp³-hybridized carbons (Fsp3) is 0.412. The molecule has 134 valence electrons. The third kappa shape index (κ3) is 4.39. The first-order valence-electron chi connectivity index (χ1n) is 8.06. The summed E-state index contributed by atoms with van der Waals surface area (Å²) in [6, 6.07) is 7.58. The van der Waals surface area contributed by atoms with Crippen LogP contribution in [0.1, 0.15) is 36.8 Å². The van der Waals surface area contributed by atoms with Gasteiger partial charge in [0.05, 0.1) is 13.2 Å². The van der Waals surface area contributed by atoms with E-state index in [9.17, 15) is 13.2 Å². The van der Waals surface area contributed by atoms with Crippen LogP contribution in [0.3, 0.4) is 0 Å². The summed E-state index contributed by atoms with van der Waals surface area (Å²) in [5.74, 6) is 0.877. The average molecular weight is 352 g/mol. The molecule has 0 spiro atoms. The van der Waals surface area contributed by atoms with Gasteiger partial charge in [0.25, 0.3) is 0 Å². The van der Waals surface area contributed by atoms with Crippen molar-refractivity contribution in [2.24, 2.45) is 0 Å². The van der Waals surface area contributed by atoms with E-state index < -0.39 is 11.9 Å². The highest BCUT2D eigenvalue weighted by molar-refractivity contribution is 5.58. The quantitative estimate of drug-likeness (QED) is 0.869. The molecule has 1 aromatic carbocycles. The zero-order valence-electron chi connectivity index (χ0n) is 13.7. The maximum absolute atomic E-state index is 13.2. The third-order valence-electron chi connectivity index (χ3n) is 4.00. The van der Waals surface area contributed by atoms with Crippen molar-refractivity contribution in [3.63, 3.8) is 0 Å². The lowest BCUT2D eigenvalue weighted by molar-refractivity contribution is -0.141. The molecule has 2 heterocycles. The van der Waals surface area contributed by atoms with Gasteiger partial charge in [0, 0.05) is 17.8 Å². The Morgan fingerprint density at radius 1 is 1.20 bits per heavy atom. The van der Waals surface area contributed by atoms with Crippen LogP contribution in [0.2, 0.25) is 0 Å². The van der Waals surface area contributed by atoms with E-state index in [1.54, 1.807) is 24.3 Å². The largest absolute Gasteiger partial charge is 0.497 e. The van der Waals surface area contributed by atoms with Crippen molar-refractivity contribution >= 4 is 11.5 Å². The summed E-state index contributed by atoms with van der Waals surface area (Å²) in [5, 5.41) is 6.09. The molecule has 5 nitrogen and oxygen atoms in total. The van der Waals surface area contributed by atoms with Gasteiger partial charge in [0.2, 0.25) is 0 Å². The van der Waals surface area contributed by atoms with E-state index >= 15 is 0 Å². The zero-order chi connectivity index (χ0) is 17.9. The van der Waals surface area contributed by atoms with Crippen LogP contribution in [0.4, 0.5) is 24.7 Å². The molecular formula is C17H19F3N4O. The second kappa shape index (κ2) is 7.26. The molecule has 1 saturated heterocycles. The highest BCUT2D eigenvalue weighted by Gasteiger charge is 2.34. The van der Waals surface area contributed by atoms with E-state index in [-0.39, 0.29) is 17.7 Å². The summed E-state index contributed by atoms with van der Waals surface area (Å²) in [5.41, 5.74) is -0.357. The van der Waals surface area contributed by atoms with Crippen molar-refractivity contribution in [1.29, 1.82) is 0 Å². The Morgan fingerprint density at radius 2 is 2.04 bits per heavy atom. The zero-order valence-corrected chi connectivity index (χ0v) is 13.7. The molecule has 0 radical (unpaired) electrons. The number of benzene rings is 1.